The quantitative estimate of drug-likeness (QED) is 0.381. The van der Waals surface area contributed by atoms with Gasteiger partial charge in [0.25, 0.3) is 0 Å². The molecular weight excluding hydrogens is 390 g/mol. The number of aromatic nitrogens is 1. The normalized spacial score (nSPS) is 10.7. The standard InChI is InChI=1S/C22H25NO7/c1-6-29-22(26)21-14(3)23-13(2)20(21)17(24)12-30-19(25)10-8-15-7-9-16(27-4)11-18(15)28-5/h7-11,23H,6,12H2,1-5H3/b10-8+. The van der Waals surface area contributed by atoms with Crippen molar-refractivity contribution in [3.8, 4) is 11.5 Å². The zero-order valence-electron chi connectivity index (χ0n) is 17.7. The van der Waals surface area contributed by atoms with Crippen molar-refractivity contribution in [3.05, 3.63) is 52.4 Å². The van der Waals surface area contributed by atoms with Crippen molar-refractivity contribution in [1.29, 1.82) is 0 Å². The minimum atomic E-state index is -0.705. The third kappa shape index (κ3) is 5.28. The third-order valence-electron chi connectivity index (χ3n) is 4.32. The van der Waals surface area contributed by atoms with Gasteiger partial charge in [0.15, 0.2) is 6.61 Å². The SMILES string of the molecule is CCOC(=O)c1c(C)[nH]c(C)c1C(=O)COC(=O)/C=C/c1ccc(OC)cc1OC. The molecule has 2 aromatic rings. The van der Waals surface area contributed by atoms with Crippen LogP contribution in [-0.4, -0.2) is 50.1 Å². The molecule has 0 fully saturated rings. The van der Waals surface area contributed by atoms with Gasteiger partial charge in [-0.3, -0.25) is 4.79 Å². The van der Waals surface area contributed by atoms with Crippen LogP contribution in [0.3, 0.4) is 0 Å². The first-order valence-corrected chi connectivity index (χ1v) is 9.28. The van der Waals surface area contributed by atoms with Gasteiger partial charge < -0.3 is 23.9 Å². The molecule has 1 aromatic heterocycles. The average molecular weight is 415 g/mol. The number of ether oxygens (including phenoxy) is 4. The molecule has 1 N–H and O–H groups in total. The van der Waals surface area contributed by atoms with E-state index in [1.54, 1.807) is 46.1 Å². The molecule has 0 aliphatic carbocycles. The number of methoxy groups -OCH3 is 2. The Kier molecular flexibility index (Phi) is 7.80. The lowest BCUT2D eigenvalue weighted by molar-refractivity contribution is -0.136. The largest absolute Gasteiger partial charge is 0.497 e. The van der Waals surface area contributed by atoms with Gasteiger partial charge in [-0.05, 0) is 39.0 Å². The van der Waals surface area contributed by atoms with Crippen molar-refractivity contribution in [2.75, 3.05) is 27.4 Å². The van der Waals surface area contributed by atoms with Crippen LogP contribution in [0.15, 0.2) is 24.3 Å². The van der Waals surface area contributed by atoms with Gasteiger partial charge in [0.2, 0.25) is 5.78 Å². The number of nitrogens with one attached hydrogen (secondary N) is 1. The number of ketones is 1. The Morgan fingerprint density at radius 2 is 1.70 bits per heavy atom. The maximum atomic E-state index is 12.6. The lowest BCUT2D eigenvalue weighted by Crippen LogP contribution is -2.17. The maximum Gasteiger partial charge on any atom is 0.340 e. The van der Waals surface area contributed by atoms with Gasteiger partial charge in [-0.1, -0.05) is 0 Å². The molecule has 0 saturated heterocycles. The van der Waals surface area contributed by atoms with Crippen molar-refractivity contribution in [2.45, 2.75) is 20.8 Å². The fourth-order valence-electron chi connectivity index (χ4n) is 2.96. The Bertz CT molecular complexity index is 972. The summed E-state index contributed by atoms with van der Waals surface area (Å²) in [6, 6.07) is 5.14. The molecule has 0 saturated carbocycles. The first-order valence-electron chi connectivity index (χ1n) is 9.28. The number of rotatable bonds is 9. The number of hydrogen-bond acceptors (Lipinski definition) is 7. The minimum absolute atomic E-state index is 0.161. The Morgan fingerprint density at radius 3 is 2.33 bits per heavy atom. The van der Waals surface area contributed by atoms with Crippen LogP contribution in [-0.2, 0) is 14.3 Å². The molecule has 0 unspecified atom stereocenters. The summed E-state index contributed by atoms with van der Waals surface area (Å²) in [5.74, 6) is -0.660. The van der Waals surface area contributed by atoms with Gasteiger partial charge in [-0.15, -0.1) is 0 Å². The third-order valence-corrected chi connectivity index (χ3v) is 4.32. The van der Waals surface area contributed by atoms with Crippen molar-refractivity contribution in [3.63, 3.8) is 0 Å². The molecule has 0 aliphatic rings. The number of hydrogen-bond donors (Lipinski definition) is 1. The van der Waals surface area contributed by atoms with Gasteiger partial charge in [-0.25, -0.2) is 9.59 Å². The Labute approximate surface area is 174 Å². The summed E-state index contributed by atoms with van der Waals surface area (Å²) in [5, 5.41) is 0. The van der Waals surface area contributed by atoms with E-state index in [4.69, 9.17) is 18.9 Å². The molecule has 8 heteroatoms. The summed E-state index contributed by atoms with van der Waals surface area (Å²) in [6.07, 6.45) is 2.71. The molecular formula is C22H25NO7. The van der Waals surface area contributed by atoms with E-state index >= 15 is 0 Å². The van der Waals surface area contributed by atoms with Crippen LogP contribution >= 0.6 is 0 Å². The van der Waals surface area contributed by atoms with E-state index in [1.165, 1.54) is 19.3 Å². The highest BCUT2D eigenvalue weighted by molar-refractivity contribution is 6.09. The zero-order valence-corrected chi connectivity index (χ0v) is 17.7. The Morgan fingerprint density at radius 1 is 1.00 bits per heavy atom. The summed E-state index contributed by atoms with van der Waals surface area (Å²) < 4.78 is 20.5. The summed E-state index contributed by atoms with van der Waals surface area (Å²) in [4.78, 5) is 39.8. The van der Waals surface area contributed by atoms with Crippen molar-refractivity contribution in [2.24, 2.45) is 0 Å². The number of aryl methyl sites for hydroxylation is 2. The van der Waals surface area contributed by atoms with Gasteiger partial charge >= 0.3 is 11.9 Å². The zero-order chi connectivity index (χ0) is 22.3. The van der Waals surface area contributed by atoms with Gasteiger partial charge in [0.1, 0.15) is 11.5 Å². The lowest BCUT2D eigenvalue weighted by Gasteiger charge is -2.07. The molecule has 0 aliphatic heterocycles. The van der Waals surface area contributed by atoms with Gasteiger partial charge in [0.05, 0.1) is 32.0 Å². The highest BCUT2D eigenvalue weighted by Crippen LogP contribution is 2.25. The van der Waals surface area contributed by atoms with Crippen LogP contribution in [0, 0.1) is 13.8 Å². The molecule has 8 nitrogen and oxygen atoms in total. The summed E-state index contributed by atoms with van der Waals surface area (Å²) >= 11 is 0. The highest BCUT2D eigenvalue weighted by atomic mass is 16.5. The van der Waals surface area contributed by atoms with Crippen LogP contribution in [0.2, 0.25) is 0 Å². The number of benzene rings is 1. The second kappa shape index (κ2) is 10.3. The van der Waals surface area contributed by atoms with E-state index in [9.17, 15) is 14.4 Å². The van der Waals surface area contributed by atoms with E-state index in [0.717, 1.165) is 0 Å². The summed E-state index contributed by atoms with van der Waals surface area (Å²) in [5.41, 5.74) is 2.00. The van der Waals surface area contributed by atoms with E-state index in [0.29, 0.717) is 28.5 Å². The van der Waals surface area contributed by atoms with E-state index < -0.39 is 24.3 Å². The summed E-state index contributed by atoms with van der Waals surface area (Å²) in [6.45, 7) is 4.70. The van der Waals surface area contributed by atoms with Crippen molar-refractivity contribution in [1.82, 2.24) is 4.98 Å². The molecule has 160 valence electrons. The molecule has 1 heterocycles. The van der Waals surface area contributed by atoms with Crippen LogP contribution in [0.4, 0.5) is 0 Å². The number of Topliss-reactive ketones (excluding diaryl/α,β-unsaturated/α-hetero) is 1. The minimum Gasteiger partial charge on any atom is -0.497 e. The predicted octanol–water partition coefficient (Wildman–Crippen LogP) is 3.26. The highest BCUT2D eigenvalue weighted by Gasteiger charge is 2.25. The molecule has 0 atom stereocenters. The van der Waals surface area contributed by atoms with Gasteiger partial charge in [0, 0.05) is 29.1 Å². The van der Waals surface area contributed by atoms with Crippen LogP contribution in [0.25, 0.3) is 6.08 Å². The van der Waals surface area contributed by atoms with Crippen LogP contribution < -0.4 is 9.47 Å². The molecule has 30 heavy (non-hydrogen) atoms. The van der Waals surface area contributed by atoms with Gasteiger partial charge in [-0.2, -0.15) is 0 Å². The molecule has 0 bridgehead atoms. The predicted molar refractivity (Wildman–Crippen MR) is 110 cm³/mol. The first-order chi connectivity index (χ1) is 14.3. The fourth-order valence-corrected chi connectivity index (χ4v) is 2.96. The molecule has 2 rings (SSSR count). The second-order valence-corrected chi connectivity index (χ2v) is 6.32. The topological polar surface area (TPSA) is 104 Å². The van der Waals surface area contributed by atoms with Crippen molar-refractivity contribution < 1.29 is 33.3 Å². The number of carbonyl (C=O) groups excluding carboxylic acids is 3. The average Bonchev–Trinajstić information content (AvgIpc) is 3.04. The maximum absolute atomic E-state index is 12.6. The molecule has 0 radical (unpaired) electrons. The van der Waals surface area contributed by atoms with Crippen LogP contribution in [0.5, 0.6) is 11.5 Å². The number of esters is 2. The lowest BCUT2D eigenvalue weighted by atomic mass is 10.1. The number of carbonyl (C=O) groups is 3. The number of H-pyrrole nitrogens is 1. The molecule has 0 spiro atoms. The number of aromatic amines is 1. The smallest absolute Gasteiger partial charge is 0.340 e. The van der Waals surface area contributed by atoms with E-state index in [-0.39, 0.29) is 17.7 Å². The Balaban J connectivity index is 2.08. The fraction of sp³-hybridized carbons (Fsp3) is 0.318. The van der Waals surface area contributed by atoms with Crippen molar-refractivity contribution >= 4 is 23.8 Å². The van der Waals surface area contributed by atoms with E-state index in [2.05, 4.69) is 4.98 Å². The second-order valence-electron chi connectivity index (χ2n) is 6.32. The van der Waals surface area contributed by atoms with E-state index in [1.807, 2.05) is 0 Å². The molecule has 1 aromatic carbocycles. The van der Waals surface area contributed by atoms with Crippen LogP contribution in [0.1, 0.15) is 44.6 Å². The molecule has 0 amide bonds. The monoisotopic (exact) mass is 415 g/mol. The Hall–Kier alpha value is -3.55. The summed E-state index contributed by atoms with van der Waals surface area (Å²) in [7, 11) is 3.05. The first kappa shape index (κ1) is 22.7.